The number of nitrogens with zero attached hydrogens (tertiary/aromatic N) is 2. The van der Waals surface area contributed by atoms with Gasteiger partial charge in [0.15, 0.2) is 0 Å². The summed E-state index contributed by atoms with van der Waals surface area (Å²) in [6.07, 6.45) is 5.29. The maximum absolute atomic E-state index is 14.2. The molecule has 180 valence electrons. The number of carbonyl (C=O) groups is 1. The first-order valence-corrected chi connectivity index (χ1v) is 12.5. The number of hydrogen-bond acceptors (Lipinski definition) is 3. The number of halogens is 1. The van der Waals surface area contributed by atoms with Gasteiger partial charge in [-0.2, -0.15) is 0 Å². The van der Waals surface area contributed by atoms with E-state index in [4.69, 9.17) is 0 Å². The van der Waals surface area contributed by atoms with Crippen LogP contribution in [0.2, 0.25) is 0 Å². The third kappa shape index (κ3) is 4.73. The second kappa shape index (κ2) is 10.0. The van der Waals surface area contributed by atoms with Gasteiger partial charge in [-0.1, -0.05) is 67.9 Å². The molecule has 1 amide bonds. The zero-order valence-corrected chi connectivity index (χ0v) is 20.2. The second-order valence-electron chi connectivity index (χ2n) is 9.54. The maximum atomic E-state index is 14.2. The van der Waals surface area contributed by atoms with Crippen molar-refractivity contribution < 1.29 is 9.18 Å². The molecule has 35 heavy (non-hydrogen) atoms. The molecule has 2 heterocycles. The van der Waals surface area contributed by atoms with Crippen LogP contribution in [-0.4, -0.2) is 29.4 Å². The van der Waals surface area contributed by atoms with Crippen LogP contribution in [-0.2, 0) is 17.8 Å². The molecule has 0 aliphatic carbocycles. The molecule has 3 aromatic carbocycles. The van der Waals surface area contributed by atoms with Gasteiger partial charge in [-0.05, 0) is 54.7 Å². The Morgan fingerprint density at radius 2 is 1.69 bits per heavy atom. The van der Waals surface area contributed by atoms with Gasteiger partial charge < -0.3 is 5.32 Å². The summed E-state index contributed by atoms with van der Waals surface area (Å²) in [6, 6.07) is 25.2. The summed E-state index contributed by atoms with van der Waals surface area (Å²) in [5.74, 6) is -0.427. The van der Waals surface area contributed by atoms with Crippen molar-refractivity contribution in [1.29, 1.82) is 0 Å². The molecule has 4 nitrogen and oxygen atoms in total. The van der Waals surface area contributed by atoms with E-state index in [1.165, 1.54) is 23.3 Å². The highest BCUT2D eigenvalue weighted by atomic mass is 19.1. The number of para-hydroxylation sites is 1. The quantitative estimate of drug-likeness (QED) is 0.450. The average molecular weight is 470 g/mol. The van der Waals surface area contributed by atoms with Gasteiger partial charge in [0.2, 0.25) is 0 Å². The topological polar surface area (TPSA) is 35.6 Å². The van der Waals surface area contributed by atoms with Gasteiger partial charge in [-0.25, -0.2) is 4.39 Å². The van der Waals surface area contributed by atoms with Crippen molar-refractivity contribution in [2.45, 2.75) is 44.7 Å². The molecule has 0 aromatic heterocycles. The SMILES string of the molecule is CCCc1ccccc1NC1=CC(=O)N(c2cccc(F)c2)C12CCN(Cc1ccccc1)CC2. The van der Waals surface area contributed by atoms with Crippen LogP contribution in [0.1, 0.15) is 37.3 Å². The predicted molar refractivity (Wildman–Crippen MR) is 140 cm³/mol. The second-order valence-corrected chi connectivity index (χ2v) is 9.54. The lowest BCUT2D eigenvalue weighted by Gasteiger charge is -2.46. The number of rotatable bonds is 7. The molecule has 2 aliphatic rings. The minimum absolute atomic E-state index is 0.0948. The molecule has 5 rings (SSSR count). The fourth-order valence-electron chi connectivity index (χ4n) is 5.49. The Morgan fingerprint density at radius 3 is 2.43 bits per heavy atom. The Hall–Kier alpha value is -3.44. The smallest absolute Gasteiger partial charge is 0.253 e. The molecule has 3 aromatic rings. The first-order chi connectivity index (χ1) is 17.1. The number of anilines is 2. The van der Waals surface area contributed by atoms with Crippen LogP contribution >= 0.6 is 0 Å². The largest absolute Gasteiger partial charge is 0.357 e. The molecule has 1 saturated heterocycles. The Kier molecular flexibility index (Phi) is 6.69. The molecule has 0 unspecified atom stereocenters. The van der Waals surface area contributed by atoms with E-state index in [2.05, 4.69) is 59.6 Å². The third-order valence-corrected chi connectivity index (χ3v) is 7.22. The van der Waals surface area contributed by atoms with Crippen molar-refractivity contribution in [2.24, 2.45) is 0 Å². The van der Waals surface area contributed by atoms with E-state index in [9.17, 15) is 9.18 Å². The normalized spacial score (nSPS) is 17.6. The highest BCUT2D eigenvalue weighted by Crippen LogP contribution is 2.44. The number of amides is 1. The number of benzene rings is 3. The Labute approximate surface area is 207 Å². The van der Waals surface area contributed by atoms with Crippen molar-refractivity contribution in [3.05, 3.63) is 108 Å². The van der Waals surface area contributed by atoms with E-state index in [1.807, 2.05) is 23.1 Å². The number of piperidine rings is 1. The van der Waals surface area contributed by atoms with Gasteiger partial charge in [0.05, 0.1) is 5.54 Å². The van der Waals surface area contributed by atoms with E-state index >= 15 is 0 Å². The number of aryl methyl sites for hydroxylation is 1. The van der Waals surface area contributed by atoms with E-state index in [-0.39, 0.29) is 11.7 Å². The zero-order chi connectivity index (χ0) is 24.3. The van der Waals surface area contributed by atoms with Gasteiger partial charge in [0, 0.05) is 42.8 Å². The molecule has 1 spiro atoms. The molecule has 5 heteroatoms. The third-order valence-electron chi connectivity index (χ3n) is 7.22. The van der Waals surface area contributed by atoms with Crippen molar-refractivity contribution >= 4 is 17.3 Å². The Bertz CT molecular complexity index is 1220. The number of hydrogen-bond donors (Lipinski definition) is 1. The summed E-state index contributed by atoms with van der Waals surface area (Å²) in [4.78, 5) is 17.7. The van der Waals surface area contributed by atoms with Crippen LogP contribution in [0.25, 0.3) is 0 Å². The van der Waals surface area contributed by atoms with Crippen LogP contribution in [0.4, 0.5) is 15.8 Å². The van der Waals surface area contributed by atoms with Gasteiger partial charge in [0.25, 0.3) is 5.91 Å². The predicted octanol–water partition coefficient (Wildman–Crippen LogP) is 6.16. The molecular formula is C30H32FN3O. The lowest BCUT2D eigenvalue weighted by Crippen LogP contribution is -2.56. The first-order valence-electron chi connectivity index (χ1n) is 12.5. The van der Waals surface area contributed by atoms with E-state index in [0.29, 0.717) is 5.69 Å². The van der Waals surface area contributed by atoms with Crippen LogP contribution in [0.5, 0.6) is 0 Å². The number of likely N-dealkylation sites (tertiary alicyclic amines) is 1. The van der Waals surface area contributed by atoms with Gasteiger partial charge >= 0.3 is 0 Å². The Morgan fingerprint density at radius 1 is 0.943 bits per heavy atom. The summed E-state index contributed by atoms with van der Waals surface area (Å²) < 4.78 is 14.2. The van der Waals surface area contributed by atoms with Crippen molar-refractivity contribution in [3.8, 4) is 0 Å². The molecule has 1 N–H and O–H groups in total. The summed E-state index contributed by atoms with van der Waals surface area (Å²) in [5.41, 5.74) is 4.56. The molecule has 0 atom stereocenters. The molecular weight excluding hydrogens is 437 g/mol. The highest BCUT2D eigenvalue weighted by molar-refractivity contribution is 6.07. The minimum Gasteiger partial charge on any atom is -0.357 e. The van der Waals surface area contributed by atoms with Gasteiger partial charge in [-0.15, -0.1) is 0 Å². The molecule has 0 radical (unpaired) electrons. The van der Waals surface area contributed by atoms with Crippen molar-refractivity contribution in [1.82, 2.24) is 4.90 Å². The Balaban J connectivity index is 1.46. The van der Waals surface area contributed by atoms with E-state index < -0.39 is 5.54 Å². The monoisotopic (exact) mass is 469 g/mol. The van der Waals surface area contributed by atoms with Crippen LogP contribution in [0, 0.1) is 5.82 Å². The van der Waals surface area contributed by atoms with Gasteiger partial charge in [0.1, 0.15) is 5.82 Å². The molecule has 0 saturated carbocycles. The molecule has 1 fully saturated rings. The van der Waals surface area contributed by atoms with Crippen LogP contribution in [0.15, 0.2) is 90.6 Å². The summed E-state index contributed by atoms with van der Waals surface area (Å²) in [6.45, 7) is 4.76. The first kappa shape index (κ1) is 23.3. The van der Waals surface area contributed by atoms with Gasteiger partial charge in [-0.3, -0.25) is 14.6 Å². The fourth-order valence-corrected chi connectivity index (χ4v) is 5.49. The molecule has 0 bridgehead atoms. The standard InChI is InChI=1S/C30H32FN3O/c1-2-9-24-12-6-7-15-27(24)32-28-21-29(35)34(26-14-8-13-25(31)20-26)30(28)16-18-33(19-17-30)22-23-10-4-3-5-11-23/h3-8,10-15,20-21,32H,2,9,16-19,22H2,1H3. The van der Waals surface area contributed by atoms with E-state index in [0.717, 1.165) is 56.7 Å². The van der Waals surface area contributed by atoms with E-state index in [1.54, 1.807) is 12.1 Å². The summed E-state index contributed by atoms with van der Waals surface area (Å²) in [5, 5.41) is 3.65. The average Bonchev–Trinajstić information content (AvgIpc) is 3.13. The van der Waals surface area contributed by atoms with Crippen molar-refractivity contribution in [3.63, 3.8) is 0 Å². The minimum atomic E-state index is -0.530. The fraction of sp³-hybridized carbons (Fsp3) is 0.300. The maximum Gasteiger partial charge on any atom is 0.253 e. The lowest BCUT2D eigenvalue weighted by atomic mass is 9.83. The number of carbonyl (C=O) groups excluding carboxylic acids is 1. The summed E-state index contributed by atoms with van der Waals surface area (Å²) in [7, 11) is 0. The van der Waals surface area contributed by atoms with Crippen LogP contribution < -0.4 is 10.2 Å². The highest BCUT2D eigenvalue weighted by Gasteiger charge is 2.50. The zero-order valence-electron chi connectivity index (χ0n) is 20.2. The van der Waals surface area contributed by atoms with Crippen molar-refractivity contribution in [2.75, 3.05) is 23.3 Å². The summed E-state index contributed by atoms with van der Waals surface area (Å²) >= 11 is 0. The number of nitrogens with one attached hydrogen (secondary N) is 1. The van der Waals surface area contributed by atoms with Crippen LogP contribution in [0.3, 0.4) is 0 Å². The molecule has 2 aliphatic heterocycles. The lowest BCUT2D eigenvalue weighted by molar-refractivity contribution is -0.114.